The van der Waals surface area contributed by atoms with Gasteiger partial charge in [-0.05, 0) is 18.8 Å². The molecule has 0 amide bonds. The summed E-state index contributed by atoms with van der Waals surface area (Å²) >= 11 is 0. The van der Waals surface area contributed by atoms with Crippen LogP contribution in [-0.4, -0.2) is 36.9 Å². The van der Waals surface area contributed by atoms with Gasteiger partial charge >= 0.3 is 5.97 Å². The van der Waals surface area contributed by atoms with Gasteiger partial charge in [-0.15, -0.1) is 0 Å². The number of unbranched alkanes of at least 4 members (excludes halogenated alkanes) is 3. The van der Waals surface area contributed by atoms with Gasteiger partial charge in [-0.25, -0.2) is 0 Å². The predicted octanol–water partition coefficient (Wildman–Crippen LogP) is 3.00. The van der Waals surface area contributed by atoms with E-state index in [1.165, 1.54) is 7.11 Å². The molecule has 0 spiro atoms. The van der Waals surface area contributed by atoms with Crippen molar-refractivity contribution in [3.05, 3.63) is 0 Å². The minimum Gasteiger partial charge on any atom is -0.468 e. The van der Waals surface area contributed by atoms with E-state index in [0.29, 0.717) is 12.3 Å². The quantitative estimate of drug-likeness (QED) is 0.312. The Morgan fingerprint density at radius 3 is 2.48 bits per heavy atom. The first-order chi connectivity index (χ1) is 10.8. The smallest absolute Gasteiger partial charge is 0.316 e. The third-order valence-electron chi connectivity index (χ3n) is 4.53. The van der Waals surface area contributed by atoms with E-state index in [1.807, 2.05) is 0 Å². The number of methoxy groups -OCH3 is 1. The minimum atomic E-state index is -0.902. The standard InChI is InChI=1S/C18H29NO4/c1-6-7-8-9-10-19-12(2)14-13(20)11-18(3,4)15(16(14)21)17(22)23-5/h14-15H,6-11H2,1-5H3/t14?,15-/m0/s1. The second-order valence-corrected chi connectivity index (χ2v) is 7.01. The first kappa shape index (κ1) is 19.5. The molecule has 1 unspecified atom stereocenters. The highest BCUT2D eigenvalue weighted by Crippen LogP contribution is 2.40. The van der Waals surface area contributed by atoms with Gasteiger partial charge in [0.15, 0.2) is 5.78 Å². The topological polar surface area (TPSA) is 72.8 Å². The average Bonchev–Trinajstić information content (AvgIpc) is 2.45. The first-order valence-corrected chi connectivity index (χ1v) is 8.41. The maximum Gasteiger partial charge on any atom is 0.316 e. The van der Waals surface area contributed by atoms with Crippen LogP contribution in [0.2, 0.25) is 0 Å². The first-order valence-electron chi connectivity index (χ1n) is 8.41. The fourth-order valence-corrected chi connectivity index (χ4v) is 3.24. The molecule has 1 saturated carbocycles. The summed E-state index contributed by atoms with van der Waals surface area (Å²) < 4.78 is 4.77. The summed E-state index contributed by atoms with van der Waals surface area (Å²) in [6, 6.07) is 0. The average molecular weight is 323 g/mol. The molecule has 1 rings (SSSR count). The Morgan fingerprint density at radius 1 is 1.26 bits per heavy atom. The Balaban J connectivity index is 2.89. The van der Waals surface area contributed by atoms with Crippen LogP contribution in [-0.2, 0) is 19.1 Å². The van der Waals surface area contributed by atoms with Crippen LogP contribution >= 0.6 is 0 Å². The zero-order valence-electron chi connectivity index (χ0n) is 15.0. The predicted molar refractivity (Wildman–Crippen MR) is 89.5 cm³/mol. The number of esters is 1. The molecule has 0 radical (unpaired) electrons. The molecule has 5 nitrogen and oxygen atoms in total. The van der Waals surface area contributed by atoms with Crippen molar-refractivity contribution in [3.63, 3.8) is 0 Å². The van der Waals surface area contributed by atoms with E-state index in [0.717, 1.165) is 25.7 Å². The third kappa shape index (κ3) is 4.72. The van der Waals surface area contributed by atoms with Gasteiger partial charge in [0.1, 0.15) is 17.6 Å². The molecule has 130 valence electrons. The molecule has 1 aliphatic rings. The number of nitrogens with zero attached hydrogens (tertiary/aromatic N) is 1. The molecule has 0 aliphatic heterocycles. The molecule has 0 N–H and O–H groups in total. The van der Waals surface area contributed by atoms with Crippen molar-refractivity contribution in [3.8, 4) is 0 Å². The van der Waals surface area contributed by atoms with E-state index in [1.54, 1.807) is 20.8 Å². The number of carbonyl (C=O) groups excluding carboxylic acids is 3. The largest absolute Gasteiger partial charge is 0.468 e. The van der Waals surface area contributed by atoms with Gasteiger partial charge in [-0.2, -0.15) is 0 Å². The number of rotatable bonds is 7. The molecule has 5 heteroatoms. The molecule has 1 fully saturated rings. The van der Waals surface area contributed by atoms with Crippen LogP contribution in [0.25, 0.3) is 0 Å². The van der Waals surface area contributed by atoms with Crippen LogP contribution in [0.3, 0.4) is 0 Å². The van der Waals surface area contributed by atoms with E-state index in [2.05, 4.69) is 11.9 Å². The number of aliphatic imine (C=N–C) groups is 1. The molecule has 0 heterocycles. The molecule has 0 bridgehead atoms. The van der Waals surface area contributed by atoms with Crippen molar-refractivity contribution in [2.45, 2.75) is 59.8 Å². The molecule has 1 aliphatic carbocycles. The number of carbonyl (C=O) groups is 3. The second kappa shape index (κ2) is 8.37. The van der Waals surface area contributed by atoms with Crippen LogP contribution in [0.15, 0.2) is 4.99 Å². The Kier molecular flexibility index (Phi) is 7.10. The lowest BCUT2D eigenvalue weighted by Gasteiger charge is -2.38. The molecule has 2 atom stereocenters. The van der Waals surface area contributed by atoms with Crippen LogP contribution in [0.1, 0.15) is 59.8 Å². The van der Waals surface area contributed by atoms with Crippen molar-refractivity contribution in [1.29, 1.82) is 0 Å². The summed E-state index contributed by atoms with van der Waals surface area (Å²) in [4.78, 5) is 41.5. The van der Waals surface area contributed by atoms with E-state index < -0.39 is 23.2 Å². The minimum absolute atomic E-state index is 0.144. The normalized spacial score (nSPS) is 24.7. The summed E-state index contributed by atoms with van der Waals surface area (Å²) in [6.45, 7) is 8.00. The maximum absolute atomic E-state index is 12.7. The Labute approximate surface area is 138 Å². The monoisotopic (exact) mass is 323 g/mol. The van der Waals surface area contributed by atoms with Crippen LogP contribution < -0.4 is 0 Å². The van der Waals surface area contributed by atoms with Crippen molar-refractivity contribution < 1.29 is 19.1 Å². The fraction of sp³-hybridized carbons (Fsp3) is 0.778. The van der Waals surface area contributed by atoms with Gasteiger partial charge in [0.05, 0.1) is 7.11 Å². The molecule has 0 saturated heterocycles. The number of Topliss-reactive ketones (excluding diaryl/α,β-unsaturated/α-hetero) is 2. The van der Waals surface area contributed by atoms with Gasteiger partial charge in [-0.1, -0.05) is 40.0 Å². The lowest BCUT2D eigenvalue weighted by molar-refractivity contribution is -0.159. The van der Waals surface area contributed by atoms with Crippen molar-refractivity contribution >= 4 is 23.2 Å². The van der Waals surface area contributed by atoms with Gasteiger partial charge in [-0.3, -0.25) is 19.4 Å². The number of hydrogen-bond donors (Lipinski definition) is 0. The molecule has 0 aromatic carbocycles. The summed E-state index contributed by atoms with van der Waals surface area (Å²) in [5.41, 5.74) is -0.181. The SMILES string of the molecule is CCCCCCN=C(C)C1C(=O)CC(C)(C)[C@H](C(=O)OC)C1=O. The highest BCUT2D eigenvalue weighted by Gasteiger charge is 2.52. The van der Waals surface area contributed by atoms with Gasteiger partial charge < -0.3 is 4.74 Å². The lowest BCUT2D eigenvalue weighted by Crippen LogP contribution is -2.51. The fourth-order valence-electron chi connectivity index (χ4n) is 3.24. The molecular weight excluding hydrogens is 294 g/mol. The van der Waals surface area contributed by atoms with E-state index in [9.17, 15) is 14.4 Å². The Bertz CT molecular complexity index is 493. The Hall–Kier alpha value is -1.52. The van der Waals surface area contributed by atoms with Crippen LogP contribution in [0.4, 0.5) is 0 Å². The van der Waals surface area contributed by atoms with Gasteiger partial charge in [0.25, 0.3) is 0 Å². The molecule has 0 aromatic heterocycles. The summed E-state index contributed by atoms with van der Waals surface area (Å²) in [6.07, 6.45) is 4.54. The summed E-state index contributed by atoms with van der Waals surface area (Å²) in [5.74, 6) is -2.87. The van der Waals surface area contributed by atoms with Crippen LogP contribution in [0.5, 0.6) is 0 Å². The second-order valence-electron chi connectivity index (χ2n) is 7.01. The van der Waals surface area contributed by atoms with Gasteiger partial charge in [0, 0.05) is 18.7 Å². The van der Waals surface area contributed by atoms with Crippen molar-refractivity contribution in [2.75, 3.05) is 13.7 Å². The Morgan fingerprint density at radius 2 is 1.91 bits per heavy atom. The van der Waals surface area contributed by atoms with Crippen molar-refractivity contribution in [2.24, 2.45) is 22.2 Å². The van der Waals surface area contributed by atoms with E-state index in [-0.39, 0.29) is 18.0 Å². The van der Waals surface area contributed by atoms with E-state index >= 15 is 0 Å². The maximum atomic E-state index is 12.7. The highest BCUT2D eigenvalue weighted by molar-refractivity contribution is 6.25. The lowest BCUT2D eigenvalue weighted by atomic mass is 9.63. The number of hydrogen-bond acceptors (Lipinski definition) is 5. The molecule has 23 heavy (non-hydrogen) atoms. The molecular formula is C18H29NO4. The summed E-state index contributed by atoms with van der Waals surface area (Å²) in [5, 5.41) is 0. The highest BCUT2D eigenvalue weighted by atomic mass is 16.5. The third-order valence-corrected chi connectivity index (χ3v) is 4.53. The van der Waals surface area contributed by atoms with Crippen LogP contribution in [0, 0.1) is 17.3 Å². The summed E-state index contributed by atoms with van der Waals surface area (Å²) in [7, 11) is 1.27. The van der Waals surface area contributed by atoms with Crippen molar-refractivity contribution in [1.82, 2.24) is 0 Å². The van der Waals surface area contributed by atoms with E-state index in [4.69, 9.17) is 4.74 Å². The van der Waals surface area contributed by atoms with Gasteiger partial charge in [0.2, 0.25) is 0 Å². The molecule has 0 aromatic rings. The number of ether oxygens (including phenoxy) is 1. The zero-order valence-corrected chi connectivity index (χ0v) is 15.0. The number of ketones is 2. The zero-order chi connectivity index (χ0) is 17.6.